The Balaban J connectivity index is 4.13. The van der Waals surface area contributed by atoms with Crippen LogP contribution in [0, 0.1) is 0 Å². The van der Waals surface area contributed by atoms with Gasteiger partial charge in [-0.15, -0.1) is 23.5 Å². The third-order valence-corrected chi connectivity index (χ3v) is 4.14. The minimum absolute atomic E-state index is 0.897. The van der Waals surface area contributed by atoms with Crippen LogP contribution >= 0.6 is 23.5 Å². The van der Waals surface area contributed by atoms with E-state index in [4.69, 9.17) is 5.11 Å². The quantitative estimate of drug-likeness (QED) is 0.523. The van der Waals surface area contributed by atoms with Crippen LogP contribution in [0.1, 0.15) is 26.7 Å². The number of carboxylic acids is 1. The molecule has 0 aromatic carbocycles. The largest absolute Gasteiger partial charge is 0.478 e. The maximum absolute atomic E-state index is 10.3. The first-order valence-corrected chi connectivity index (χ1v) is 7.04. The Morgan fingerprint density at radius 3 is 2.13 bits per heavy atom. The lowest BCUT2D eigenvalue weighted by molar-refractivity contribution is -0.131. The highest BCUT2D eigenvalue weighted by molar-refractivity contribution is 8.22. The van der Waals surface area contributed by atoms with E-state index in [-0.39, 0.29) is 0 Å². The van der Waals surface area contributed by atoms with E-state index in [0.717, 1.165) is 24.3 Å². The molecular formula is C11H18O2S2. The van der Waals surface area contributed by atoms with Crippen molar-refractivity contribution in [1.82, 2.24) is 0 Å². The smallest absolute Gasteiger partial charge is 0.328 e. The molecule has 0 amide bonds. The molecule has 0 atom stereocenters. The van der Waals surface area contributed by atoms with Gasteiger partial charge in [-0.2, -0.15) is 0 Å². The predicted octanol–water partition coefficient (Wildman–Crippen LogP) is 3.76. The van der Waals surface area contributed by atoms with Crippen molar-refractivity contribution in [2.24, 2.45) is 0 Å². The summed E-state index contributed by atoms with van der Waals surface area (Å²) in [4.78, 5) is 10.3. The SMILES string of the molecule is CCCSC(=C/C=C/C(=O)O)SCCC. The summed E-state index contributed by atoms with van der Waals surface area (Å²) in [6.45, 7) is 4.28. The zero-order valence-corrected chi connectivity index (χ0v) is 10.9. The molecule has 2 nitrogen and oxygen atoms in total. The Morgan fingerprint density at radius 2 is 1.73 bits per heavy atom. The van der Waals surface area contributed by atoms with Crippen molar-refractivity contribution in [1.29, 1.82) is 0 Å². The van der Waals surface area contributed by atoms with Crippen LogP contribution in [0.25, 0.3) is 0 Å². The molecule has 0 aromatic heterocycles. The average molecular weight is 246 g/mol. The molecule has 0 aliphatic carbocycles. The van der Waals surface area contributed by atoms with Crippen LogP contribution in [0.5, 0.6) is 0 Å². The summed E-state index contributed by atoms with van der Waals surface area (Å²) in [6.07, 6.45) is 6.92. The molecule has 0 rings (SSSR count). The number of carboxylic acid groups (broad SMARTS) is 1. The number of hydrogen-bond acceptors (Lipinski definition) is 3. The minimum Gasteiger partial charge on any atom is -0.478 e. The summed E-state index contributed by atoms with van der Waals surface area (Å²) in [6, 6.07) is 0. The molecule has 15 heavy (non-hydrogen) atoms. The van der Waals surface area contributed by atoms with Gasteiger partial charge in [-0.3, -0.25) is 0 Å². The highest BCUT2D eigenvalue weighted by Gasteiger charge is 1.96. The summed E-state index contributed by atoms with van der Waals surface area (Å²) < 4.78 is 1.20. The fourth-order valence-corrected chi connectivity index (χ4v) is 2.75. The van der Waals surface area contributed by atoms with Crippen LogP contribution in [0.4, 0.5) is 0 Å². The third kappa shape index (κ3) is 9.94. The minimum atomic E-state index is -0.897. The van der Waals surface area contributed by atoms with Gasteiger partial charge in [0.2, 0.25) is 0 Å². The van der Waals surface area contributed by atoms with E-state index in [2.05, 4.69) is 13.8 Å². The van der Waals surface area contributed by atoms with Crippen molar-refractivity contribution in [2.45, 2.75) is 26.7 Å². The Kier molecular flexibility index (Phi) is 9.94. The molecule has 1 N–H and O–H groups in total. The van der Waals surface area contributed by atoms with Crippen molar-refractivity contribution in [3.05, 3.63) is 22.5 Å². The van der Waals surface area contributed by atoms with E-state index in [1.54, 1.807) is 29.6 Å². The number of aliphatic carboxylic acids is 1. The van der Waals surface area contributed by atoms with Gasteiger partial charge in [0.1, 0.15) is 0 Å². The van der Waals surface area contributed by atoms with E-state index in [1.807, 2.05) is 6.08 Å². The Labute approximate surface area is 100 Å². The van der Waals surface area contributed by atoms with Gasteiger partial charge in [0.15, 0.2) is 0 Å². The molecule has 0 aromatic rings. The standard InChI is InChI=1S/C11H18O2S2/c1-3-8-14-11(15-9-4-2)7-5-6-10(12)13/h5-7H,3-4,8-9H2,1-2H3,(H,12,13)/b6-5+. The molecule has 0 saturated heterocycles. The monoisotopic (exact) mass is 246 g/mol. The fourth-order valence-electron chi connectivity index (χ4n) is 0.752. The van der Waals surface area contributed by atoms with Gasteiger partial charge in [-0.05, 0) is 30.4 Å². The van der Waals surface area contributed by atoms with Crippen molar-refractivity contribution < 1.29 is 9.90 Å². The molecule has 0 saturated carbocycles. The van der Waals surface area contributed by atoms with Crippen LogP contribution in [0.3, 0.4) is 0 Å². The molecule has 0 aliphatic heterocycles. The Morgan fingerprint density at radius 1 is 1.20 bits per heavy atom. The summed E-state index contributed by atoms with van der Waals surface area (Å²) in [5.74, 6) is 1.28. The van der Waals surface area contributed by atoms with Gasteiger partial charge in [0, 0.05) is 10.3 Å². The van der Waals surface area contributed by atoms with E-state index in [1.165, 1.54) is 10.3 Å². The number of carbonyl (C=O) groups is 1. The van der Waals surface area contributed by atoms with Crippen LogP contribution in [-0.4, -0.2) is 22.6 Å². The zero-order valence-electron chi connectivity index (χ0n) is 9.23. The molecule has 0 bridgehead atoms. The Bertz CT molecular complexity index is 225. The topological polar surface area (TPSA) is 37.3 Å². The molecule has 86 valence electrons. The maximum Gasteiger partial charge on any atom is 0.328 e. The van der Waals surface area contributed by atoms with Gasteiger partial charge in [0.05, 0.1) is 0 Å². The second kappa shape index (κ2) is 10.2. The predicted molar refractivity (Wildman–Crippen MR) is 70.4 cm³/mol. The fraction of sp³-hybridized carbons (Fsp3) is 0.545. The summed E-state index contributed by atoms with van der Waals surface area (Å²) in [7, 11) is 0. The number of thioether (sulfide) groups is 2. The second-order valence-corrected chi connectivity index (χ2v) is 5.41. The summed E-state index contributed by atoms with van der Waals surface area (Å²) in [5.41, 5.74) is 0. The first-order valence-electron chi connectivity index (χ1n) is 5.07. The van der Waals surface area contributed by atoms with E-state index in [9.17, 15) is 4.79 Å². The van der Waals surface area contributed by atoms with Gasteiger partial charge < -0.3 is 5.11 Å². The first-order chi connectivity index (χ1) is 7.20. The van der Waals surface area contributed by atoms with Gasteiger partial charge >= 0.3 is 5.97 Å². The molecule has 4 heteroatoms. The number of hydrogen-bond donors (Lipinski definition) is 1. The average Bonchev–Trinajstić information content (AvgIpc) is 2.20. The second-order valence-electron chi connectivity index (χ2n) is 2.88. The van der Waals surface area contributed by atoms with Crippen LogP contribution in [0.2, 0.25) is 0 Å². The third-order valence-electron chi connectivity index (χ3n) is 1.37. The lowest BCUT2D eigenvalue weighted by atomic mass is 10.5. The first kappa shape index (κ1) is 14.6. The highest BCUT2D eigenvalue weighted by atomic mass is 32.2. The van der Waals surface area contributed by atoms with Crippen molar-refractivity contribution >= 4 is 29.5 Å². The molecule has 0 unspecified atom stereocenters. The van der Waals surface area contributed by atoms with Crippen molar-refractivity contribution in [3.63, 3.8) is 0 Å². The zero-order chi connectivity index (χ0) is 11.5. The van der Waals surface area contributed by atoms with Gasteiger partial charge in [-0.1, -0.05) is 19.9 Å². The lowest BCUT2D eigenvalue weighted by Crippen LogP contribution is -1.85. The van der Waals surface area contributed by atoms with Crippen molar-refractivity contribution in [3.8, 4) is 0 Å². The Hall–Kier alpha value is -0.350. The summed E-state index contributed by atoms with van der Waals surface area (Å²) >= 11 is 3.59. The van der Waals surface area contributed by atoms with Gasteiger partial charge in [-0.25, -0.2) is 4.79 Å². The maximum atomic E-state index is 10.3. The van der Waals surface area contributed by atoms with E-state index < -0.39 is 5.97 Å². The van der Waals surface area contributed by atoms with Crippen LogP contribution in [0.15, 0.2) is 22.5 Å². The molecule has 0 fully saturated rings. The molecule has 0 heterocycles. The normalized spacial score (nSPS) is 10.5. The number of rotatable bonds is 8. The van der Waals surface area contributed by atoms with E-state index in [0.29, 0.717) is 0 Å². The summed E-state index contributed by atoms with van der Waals surface area (Å²) in [5, 5.41) is 8.45. The van der Waals surface area contributed by atoms with Gasteiger partial charge in [0.25, 0.3) is 0 Å². The highest BCUT2D eigenvalue weighted by Crippen LogP contribution is 2.29. The molecule has 0 spiro atoms. The molecule has 0 radical (unpaired) electrons. The van der Waals surface area contributed by atoms with Crippen LogP contribution < -0.4 is 0 Å². The van der Waals surface area contributed by atoms with Crippen LogP contribution in [-0.2, 0) is 4.79 Å². The van der Waals surface area contributed by atoms with E-state index >= 15 is 0 Å². The van der Waals surface area contributed by atoms with Crippen molar-refractivity contribution in [2.75, 3.05) is 11.5 Å². The molecular weight excluding hydrogens is 228 g/mol. The number of allylic oxidation sites excluding steroid dienone is 2. The molecule has 0 aliphatic rings. The lowest BCUT2D eigenvalue weighted by Gasteiger charge is -2.03.